The molecule has 0 aromatic carbocycles. The Bertz CT molecular complexity index is 169. The van der Waals surface area contributed by atoms with E-state index < -0.39 is 0 Å². The summed E-state index contributed by atoms with van der Waals surface area (Å²) in [5.41, 5.74) is 0.166. The van der Waals surface area contributed by atoms with Gasteiger partial charge in [0.15, 0.2) is 0 Å². The molecule has 0 saturated heterocycles. The quantitative estimate of drug-likeness (QED) is 0.685. The summed E-state index contributed by atoms with van der Waals surface area (Å²) < 4.78 is 0. The van der Waals surface area contributed by atoms with E-state index in [1.54, 1.807) is 6.92 Å². The van der Waals surface area contributed by atoms with E-state index in [-0.39, 0.29) is 11.8 Å². The third-order valence-corrected chi connectivity index (χ3v) is 3.63. The Morgan fingerprint density at radius 3 is 2.07 bits per heavy atom. The van der Waals surface area contributed by atoms with Crippen molar-refractivity contribution in [1.82, 2.24) is 5.32 Å². The molecule has 84 valence electrons. The highest BCUT2D eigenvalue weighted by Crippen LogP contribution is 2.35. The topological polar surface area (TPSA) is 32.3 Å². The summed E-state index contributed by atoms with van der Waals surface area (Å²) in [6, 6.07) is 0. The van der Waals surface area contributed by atoms with E-state index in [1.807, 2.05) is 0 Å². The van der Waals surface area contributed by atoms with E-state index in [2.05, 4.69) is 26.1 Å². The monoisotopic (exact) mass is 199 g/mol. The van der Waals surface area contributed by atoms with Gasteiger partial charge in [0.05, 0.1) is 0 Å². The maximum Gasteiger partial charge on any atom is 0.102 e. The van der Waals surface area contributed by atoms with E-state index >= 15 is 0 Å². The van der Waals surface area contributed by atoms with Gasteiger partial charge in [0, 0.05) is 5.54 Å². The van der Waals surface area contributed by atoms with E-state index in [1.165, 1.54) is 25.7 Å². The zero-order valence-electron chi connectivity index (χ0n) is 10.0. The first kappa shape index (κ1) is 12.0. The number of aliphatic hydroxyl groups is 1. The molecule has 0 aliphatic heterocycles. The Balaban J connectivity index is 2.41. The van der Waals surface area contributed by atoms with Gasteiger partial charge in [-0.15, -0.1) is 0 Å². The van der Waals surface area contributed by atoms with Crippen molar-refractivity contribution in [3.8, 4) is 0 Å². The molecule has 1 unspecified atom stereocenters. The molecule has 1 atom stereocenters. The Kier molecular flexibility index (Phi) is 3.96. The standard InChI is InChI=1S/C12H25NO/c1-9(2)11-5-7-12(4,8-6-11)13-10(3)14/h9-11,13-14H,5-8H2,1-4H3. The zero-order chi connectivity index (χ0) is 10.8. The Morgan fingerprint density at radius 1 is 1.21 bits per heavy atom. The van der Waals surface area contributed by atoms with Crippen LogP contribution in [0.3, 0.4) is 0 Å². The average Bonchev–Trinajstić information content (AvgIpc) is 2.02. The maximum absolute atomic E-state index is 9.33. The average molecular weight is 199 g/mol. The predicted octanol–water partition coefficient (Wildman–Crippen LogP) is 2.52. The summed E-state index contributed by atoms with van der Waals surface area (Å²) in [6.07, 6.45) is 4.61. The Hall–Kier alpha value is -0.0800. The second-order valence-electron chi connectivity index (χ2n) is 5.46. The molecule has 1 saturated carbocycles. The molecule has 0 spiro atoms. The van der Waals surface area contributed by atoms with Crippen molar-refractivity contribution in [2.24, 2.45) is 11.8 Å². The molecule has 2 heteroatoms. The van der Waals surface area contributed by atoms with Crippen LogP contribution in [0.2, 0.25) is 0 Å². The van der Waals surface area contributed by atoms with Crippen molar-refractivity contribution >= 4 is 0 Å². The molecule has 1 aliphatic rings. The van der Waals surface area contributed by atoms with Crippen molar-refractivity contribution in [2.45, 2.75) is 65.1 Å². The van der Waals surface area contributed by atoms with Gasteiger partial charge >= 0.3 is 0 Å². The van der Waals surface area contributed by atoms with Crippen LogP contribution in [0.1, 0.15) is 53.4 Å². The highest BCUT2D eigenvalue weighted by Gasteiger charge is 2.32. The Morgan fingerprint density at radius 2 is 1.71 bits per heavy atom. The van der Waals surface area contributed by atoms with Crippen LogP contribution in [0.15, 0.2) is 0 Å². The molecule has 1 fully saturated rings. The molecule has 0 heterocycles. The maximum atomic E-state index is 9.33. The highest BCUT2D eigenvalue weighted by molar-refractivity contribution is 4.89. The van der Waals surface area contributed by atoms with Crippen molar-refractivity contribution < 1.29 is 5.11 Å². The smallest absolute Gasteiger partial charge is 0.102 e. The van der Waals surface area contributed by atoms with Crippen LogP contribution < -0.4 is 5.32 Å². The van der Waals surface area contributed by atoms with Crippen LogP contribution in [0.25, 0.3) is 0 Å². The van der Waals surface area contributed by atoms with E-state index in [9.17, 15) is 5.11 Å². The first-order valence-corrected chi connectivity index (χ1v) is 5.89. The summed E-state index contributed by atoms with van der Waals surface area (Å²) in [5.74, 6) is 1.70. The summed E-state index contributed by atoms with van der Waals surface area (Å²) in [7, 11) is 0. The van der Waals surface area contributed by atoms with Gasteiger partial charge in [-0.3, -0.25) is 5.32 Å². The summed E-state index contributed by atoms with van der Waals surface area (Å²) in [6.45, 7) is 8.67. The number of hydrogen-bond donors (Lipinski definition) is 2. The van der Waals surface area contributed by atoms with Crippen LogP contribution in [-0.4, -0.2) is 16.9 Å². The molecule has 0 bridgehead atoms. The molecule has 0 aromatic heterocycles. The molecule has 14 heavy (non-hydrogen) atoms. The van der Waals surface area contributed by atoms with Gasteiger partial charge in [-0.05, 0) is 51.4 Å². The third-order valence-electron chi connectivity index (χ3n) is 3.63. The molecular weight excluding hydrogens is 174 g/mol. The van der Waals surface area contributed by atoms with Crippen LogP contribution in [0.4, 0.5) is 0 Å². The second-order valence-corrected chi connectivity index (χ2v) is 5.46. The van der Waals surface area contributed by atoms with E-state index in [0.717, 1.165) is 11.8 Å². The van der Waals surface area contributed by atoms with Crippen molar-refractivity contribution in [2.75, 3.05) is 0 Å². The van der Waals surface area contributed by atoms with Gasteiger partial charge in [0.25, 0.3) is 0 Å². The molecule has 2 nitrogen and oxygen atoms in total. The summed E-state index contributed by atoms with van der Waals surface area (Å²) in [5, 5.41) is 12.6. The fourth-order valence-electron chi connectivity index (χ4n) is 2.59. The second kappa shape index (κ2) is 4.63. The molecule has 1 aliphatic carbocycles. The molecule has 0 radical (unpaired) electrons. The van der Waals surface area contributed by atoms with Crippen molar-refractivity contribution in [1.29, 1.82) is 0 Å². The van der Waals surface area contributed by atoms with Crippen LogP contribution in [0, 0.1) is 11.8 Å². The summed E-state index contributed by atoms with van der Waals surface area (Å²) >= 11 is 0. The third kappa shape index (κ3) is 3.25. The highest BCUT2D eigenvalue weighted by atomic mass is 16.3. The number of hydrogen-bond acceptors (Lipinski definition) is 2. The van der Waals surface area contributed by atoms with Gasteiger partial charge < -0.3 is 5.11 Å². The fourth-order valence-corrected chi connectivity index (χ4v) is 2.59. The first-order valence-electron chi connectivity index (χ1n) is 5.89. The van der Waals surface area contributed by atoms with Gasteiger partial charge in [0.1, 0.15) is 6.23 Å². The first-order chi connectivity index (χ1) is 6.43. The van der Waals surface area contributed by atoms with Crippen molar-refractivity contribution in [3.63, 3.8) is 0 Å². The lowest BCUT2D eigenvalue weighted by Gasteiger charge is -2.40. The van der Waals surface area contributed by atoms with Crippen LogP contribution >= 0.6 is 0 Å². The van der Waals surface area contributed by atoms with Gasteiger partial charge in [0.2, 0.25) is 0 Å². The van der Waals surface area contributed by atoms with Gasteiger partial charge in [-0.2, -0.15) is 0 Å². The number of nitrogens with one attached hydrogen (secondary N) is 1. The van der Waals surface area contributed by atoms with E-state index in [0.29, 0.717) is 0 Å². The normalized spacial score (nSPS) is 36.0. The zero-order valence-corrected chi connectivity index (χ0v) is 10.0. The minimum absolute atomic E-state index is 0.166. The lowest BCUT2D eigenvalue weighted by molar-refractivity contribution is 0.0786. The number of aliphatic hydroxyl groups excluding tert-OH is 1. The van der Waals surface area contributed by atoms with Gasteiger partial charge in [-0.1, -0.05) is 13.8 Å². The molecule has 2 N–H and O–H groups in total. The lowest BCUT2D eigenvalue weighted by atomic mass is 9.73. The minimum atomic E-state index is -0.379. The predicted molar refractivity (Wildman–Crippen MR) is 60.0 cm³/mol. The van der Waals surface area contributed by atoms with Crippen molar-refractivity contribution in [3.05, 3.63) is 0 Å². The van der Waals surface area contributed by atoms with E-state index in [4.69, 9.17) is 0 Å². The molecular formula is C12H25NO. The summed E-state index contributed by atoms with van der Waals surface area (Å²) in [4.78, 5) is 0. The molecule has 1 rings (SSSR count). The number of rotatable bonds is 3. The molecule has 0 aromatic rings. The van der Waals surface area contributed by atoms with Gasteiger partial charge in [-0.25, -0.2) is 0 Å². The molecule has 0 amide bonds. The van der Waals surface area contributed by atoms with Crippen LogP contribution in [-0.2, 0) is 0 Å². The largest absolute Gasteiger partial charge is 0.379 e. The Labute approximate surface area is 88.1 Å². The van der Waals surface area contributed by atoms with Crippen LogP contribution in [0.5, 0.6) is 0 Å². The lowest BCUT2D eigenvalue weighted by Crippen LogP contribution is -2.49. The SMILES string of the molecule is CC(O)NC1(C)CCC(C(C)C)CC1. The minimum Gasteiger partial charge on any atom is -0.379 e. The fraction of sp³-hybridized carbons (Fsp3) is 1.00.